The molecular weight excluding hydrogens is 273 g/mol. The molecule has 21 heavy (non-hydrogen) atoms. The molecule has 2 aromatic carbocycles. The van der Waals surface area contributed by atoms with E-state index in [1.165, 1.54) is 12.1 Å². The van der Waals surface area contributed by atoms with E-state index >= 15 is 0 Å². The summed E-state index contributed by atoms with van der Waals surface area (Å²) in [7, 11) is 0. The zero-order chi connectivity index (χ0) is 15.2. The van der Waals surface area contributed by atoms with Gasteiger partial charge in [0.05, 0.1) is 17.9 Å². The third-order valence-electron chi connectivity index (χ3n) is 2.93. The van der Waals surface area contributed by atoms with Gasteiger partial charge in [0, 0.05) is 12.6 Å². The second-order valence-electron chi connectivity index (χ2n) is 4.43. The normalized spacial score (nSPS) is 10.2. The van der Waals surface area contributed by atoms with Crippen LogP contribution in [0.5, 0.6) is 5.75 Å². The topological polar surface area (TPSA) is 58.6 Å². The van der Waals surface area contributed by atoms with E-state index in [9.17, 15) is 9.18 Å². The Kier molecular flexibility index (Phi) is 4.77. The molecule has 0 aromatic heterocycles. The molecule has 0 heterocycles. The quantitative estimate of drug-likeness (QED) is 0.854. The highest BCUT2D eigenvalue weighted by Crippen LogP contribution is 2.26. The molecule has 0 fully saturated rings. The largest absolute Gasteiger partial charge is 0.492 e. The van der Waals surface area contributed by atoms with Crippen LogP contribution in [0.25, 0.3) is 0 Å². The Morgan fingerprint density at radius 1 is 1.24 bits per heavy atom. The number of carbonyl (C=O) groups is 1. The maximum atomic E-state index is 13.2. The number of carboxylic acid groups (broad SMARTS) is 1. The van der Waals surface area contributed by atoms with Crippen molar-refractivity contribution in [1.82, 2.24) is 0 Å². The first kappa shape index (κ1) is 14.8. The zero-order valence-electron chi connectivity index (χ0n) is 11.6. The summed E-state index contributed by atoms with van der Waals surface area (Å²) in [5.74, 6) is -0.846. The Morgan fingerprint density at radius 2 is 1.95 bits per heavy atom. The minimum atomic E-state index is -0.952. The first-order valence-corrected chi connectivity index (χ1v) is 6.58. The summed E-state index contributed by atoms with van der Waals surface area (Å²) in [6, 6.07) is 10.9. The number of aromatic carboxylic acids is 1. The molecule has 0 aliphatic rings. The average molecular weight is 289 g/mol. The van der Waals surface area contributed by atoms with Gasteiger partial charge in [-0.2, -0.15) is 0 Å². The Balaban J connectivity index is 2.07. The molecule has 0 radical (unpaired) electrons. The molecule has 2 N–H and O–H groups in total. The molecule has 0 amide bonds. The molecule has 110 valence electrons. The van der Waals surface area contributed by atoms with E-state index in [0.717, 1.165) is 5.56 Å². The number of anilines is 1. The standard InChI is InChI=1S/C16H16FNO3/c1-2-21-15-9-13(17)7-8-14(15)18-10-11-3-5-12(6-4-11)16(19)20/h3-9,18H,2,10H2,1H3,(H,19,20). The van der Waals surface area contributed by atoms with E-state index in [1.807, 2.05) is 6.92 Å². The number of ether oxygens (including phenoxy) is 1. The molecule has 0 aliphatic heterocycles. The number of nitrogens with one attached hydrogen (secondary N) is 1. The zero-order valence-corrected chi connectivity index (χ0v) is 11.6. The van der Waals surface area contributed by atoms with E-state index in [0.29, 0.717) is 24.6 Å². The summed E-state index contributed by atoms with van der Waals surface area (Å²) in [5, 5.41) is 12.0. The first-order valence-electron chi connectivity index (χ1n) is 6.58. The fourth-order valence-corrected chi connectivity index (χ4v) is 1.88. The third-order valence-corrected chi connectivity index (χ3v) is 2.93. The first-order chi connectivity index (χ1) is 10.1. The van der Waals surface area contributed by atoms with Crippen molar-refractivity contribution in [3.63, 3.8) is 0 Å². The van der Waals surface area contributed by atoms with Crippen LogP contribution in [0.15, 0.2) is 42.5 Å². The number of hydrogen-bond donors (Lipinski definition) is 2. The molecule has 5 heteroatoms. The Hall–Kier alpha value is -2.56. The highest BCUT2D eigenvalue weighted by atomic mass is 19.1. The Morgan fingerprint density at radius 3 is 2.57 bits per heavy atom. The molecule has 0 saturated heterocycles. The smallest absolute Gasteiger partial charge is 0.335 e. The van der Waals surface area contributed by atoms with Crippen molar-refractivity contribution >= 4 is 11.7 Å². The van der Waals surface area contributed by atoms with E-state index in [1.54, 1.807) is 30.3 Å². The lowest BCUT2D eigenvalue weighted by molar-refractivity contribution is 0.0697. The molecule has 2 aromatic rings. The van der Waals surface area contributed by atoms with Gasteiger partial charge in [0.25, 0.3) is 0 Å². The third kappa shape index (κ3) is 3.95. The molecule has 0 atom stereocenters. The summed E-state index contributed by atoms with van der Waals surface area (Å²) >= 11 is 0. The highest BCUT2D eigenvalue weighted by molar-refractivity contribution is 5.87. The second-order valence-corrected chi connectivity index (χ2v) is 4.43. The monoisotopic (exact) mass is 289 g/mol. The van der Waals surface area contributed by atoms with E-state index in [4.69, 9.17) is 9.84 Å². The van der Waals surface area contributed by atoms with Gasteiger partial charge in [-0.05, 0) is 36.8 Å². The SMILES string of the molecule is CCOc1cc(F)ccc1NCc1ccc(C(=O)O)cc1. The van der Waals surface area contributed by atoms with Gasteiger partial charge in [0.15, 0.2) is 0 Å². The highest BCUT2D eigenvalue weighted by Gasteiger charge is 2.06. The predicted molar refractivity (Wildman–Crippen MR) is 78.3 cm³/mol. The van der Waals surface area contributed by atoms with Gasteiger partial charge in [-0.15, -0.1) is 0 Å². The molecular formula is C16H16FNO3. The number of carboxylic acids is 1. The van der Waals surface area contributed by atoms with Gasteiger partial charge >= 0.3 is 5.97 Å². The molecule has 0 saturated carbocycles. The van der Waals surface area contributed by atoms with Crippen molar-refractivity contribution in [2.45, 2.75) is 13.5 Å². The summed E-state index contributed by atoms with van der Waals surface area (Å²) in [6.45, 7) is 2.77. The lowest BCUT2D eigenvalue weighted by Gasteiger charge is -2.12. The summed E-state index contributed by atoms with van der Waals surface area (Å²) in [5.41, 5.74) is 1.86. The number of benzene rings is 2. The van der Waals surface area contributed by atoms with Crippen molar-refractivity contribution in [1.29, 1.82) is 0 Å². The number of hydrogen-bond acceptors (Lipinski definition) is 3. The summed E-state index contributed by atoms with van der Waals surface area (Å²) in [6.07, 6.45) is 0. The van der Waals surface area contributed by atoms with Gasteiger partial charge in [-0.25, -0.2) is 9.18 Å². The minimum Gasteiger partial charge on any atom is -0.492 e. The second kappa shape index (κ2) is 6.74. The maximum Gasteiger partial charge on any atom is 0.335 e. The number of rotatable bonds is 6. The Labute approximate surface area is 122 Å². The molecule has 2 rings (SSSR count). The lowest BCUT2D eigenvalue weighted by atomic mass is 10.1. The van der Waals surface area contributed by atoms with Crippen LogP contribution in [0, 0.1) is 5.82 Å². The van der Waals surface area contributed by atoms with Crippen molar-refractivity contribution in [2.24, 2.45) is 0 Å². The van der Waals surface area contributed by atoms with Gasteiger partial charge in [-0.1, -0.05) is 12.1 Å². The van der Waals surface area contributed by atoms with Gasteiger partial charge in [-0.3, -0.25) is 0 Å². The molecule has 0 spiro atoms. The van der Waals surface area contributed by atoms with Crippen LogP contribution in [-0.4, -0.2) is 17.7 Å². The van der Waals surface area contributed by atoms with Crippen LogP contribution >= 0.6 is 0 Å². The van der Waals surface area contributed by atoms with Crippen LogP contribution in [0.2, 0.25) is 0 Å². The van der Waals surface area contributed by atoms with Crippen molar-refractivity contribution in [3.05, 3.63) is 59.4 Å². The fourth-order valence-electron chi connectivity index (χ4n) is 1.88. The summed E-state index contributed by atoms with van der Waals surface area (Å²) < 4.78 is 18.6. The predicted octanol–water partition coefficient (Wildman–Crippen LogP) is 3.53. The van der Waals surface area contributed by atoms with Crippen molar-refractivity contribution in [2.75, 3.05) is 11.9 Å². The molecule has 0 aliphatic carbocycles. The van der Waals surface area contributed by atoms with Crippen LogP contribution in [0.1, 0.15) is 22.8 Å². The van der Waals surface area contributed by atoms with Crippen LogP contribution < -0.4 is 10.1 Å². The fraction of sp³-hybridized carbons (Fsp3) is 0.188. The lowest BCUT2D eigenvalue weighted by Crippen LogP contribution is -2.04. The molecule has 4 nitrogen and oxygen atoms in total. The maximum absolute atomic E-state index is 13.2. The minimum absolute atomic E-state index is 0.246. The summed E-state index contributed by atoms with van der Waals surface area (Å²) in [4.78, 5) is 10.8. The average Bonchev–Trinajstić information content (AvgIpc) is 2.47. The molecule has 0 unspecified atom stereocenters. The van der Waals surface area contributed by atoms with E-state index in [2.05, 4.69) is 5.32 Å². The van der Waals surface area contributed by atoms with Crippen molar-refractivity contribution < 1.29 is 19.0 Å². The number of halogens is 1. The van der Waals surface area contributed by atoms with E-state index in [-0.39, 0.29) is 11.4 Å². The van der Waals surface area contributed by atoms with Crippen molar-refractivity contribution in [3.8, 4) is 5.75 Å². The van der Waals surface area contributed by atoms with E-state index < -0.39 is 5.97 Å². The van der Waals surface area contributed by atoms with Crippen LogP contribution in [-0.2, 0) is 6.54 Å². The van der Waals surface area contributed by atoms with Gasteiger partial charge < -0.3 is 15.2 Å². The molecule has 0 bridgehead atoms. The van der Waals surface area contributed by atoms with Crippen LogP contribution in [0.4, 0.5) is 10.1 Å². The van der Waals surface area contributed by atoms with Gasteiger partial charge in [0.2, 0.25) is 0 Å². The Bertz CT molecular complexity index is 626. The van der Waals surface area contributed by atoms with Gasteiger partial charge in [0.1, 0.15) is 11.6 Å². The van der Waals surface area contributed by atoms with Crippen LogP contribution in [0.3, 0.4) is 0 Å².